The fourth-order valence-electron chi connectivity index (χ4n) is 2.91. The Labute approximate surface area is 138 Å². The van der Waals surface area contributed by atoms with E-state index in [4.69, 9.17) is 9.15 Å². The number of aliphatic hydroxyl groups excluding tert-OH is 1. The molecule has 2 aromatic heterocycles. The second-order valence-corrected chi connectivity index (χ2v) is 6.91. The first-order valence-electron chi connectivity index (χ1n) is 7.69. The van der Waals surface area contributed by atoms with Gasteiger partial charge in [0.15, 0.2) is 0 Å². The molecule has 0 aliphatic carbocycles. The standard InChI is InChI=1S/C15H21N3O4S/c1-10-6-17(7-11(2)21-10)8-12(19)9-18-15(20)22-14(16-18)13-4-3-5-23-13/h3-5,10-12,19H,6-9H2,1-2H3/t10-,11+,12-/m0/s1. The van der Waals surface area contributed by atoms with E-state index in [0.29, 0.717) is 12.4 Å². The van der Waals surface area contributed by atoms with E-state index in [0.717, 1.165) is 18.0 Å². The third kappa shape index (κ3) is 4.08. The van der Waals surface area contributed by atoms with Gasteiger partial charge in [-0.25, -0.2) is 4.79 Å². The lowest BCUT2D eigenvalue weighted by molar-refractivity contribution is -0.0775. The van der Waals surface area contributed by atoms with Crippen LogP contribution in [-0.2, 0) is 11.3 Å². The van der Waals surface area contributed by atoms with Gasteiger partial charge in [-0.05, 0) is 25.3 Å². The van der Waals surface area contributed by atoms with Crippen molar-refractivity contribution in [1.82, 2.24) is 14.7 Å². The van der Waals surface area contributed by atoms with Gasteiger partial charge in [0.1, 0.15) is 0 Å². The predicted molar refractivity (Wildman–Crippen MR) is 86.5 cm³/mol. The Kier molecular flexibility index (Phi) is 4.96. The molecule has 3 atom stereocenters. The Morgan fingerprint density at radius 3 is 2.78 bits per heavy atom. The Hall–Kier alpha value is -1.48. The van der Waals surface area contributed by atoms with Gasteiger partial charge in [0.2, 0.25) is 0 Å². The van der Waals surface area contributed by atoms with E-state index in [1.54, 1.807) is 0 Å². The summed E-state index contributed by atoms with van der Waals surface area (Å²) in [5.74, 6) is -0.248. The average molecular weight is 339 g/mol. The van der Waals surface area contributed by atoms with Crippen molar-refractivity contribution >= 4 is 11.3 Å². The predicted octanol–water partition coefficient (Wildman–Crippen LogP) is 1.03. The summed E-state index contributed by atoms with van der Waals surface area (Å²) in [5, 5.41) is 16.3. The van der Waals surface area contributed by atoms with Crippen LogP contribution < -0.4 is 5.76 Å². The molecule has 0 bridgehead atoms. The number of ether oxygens (including phenoxy) is 1. The zero-order valence-corrected chi connectivity index (χ0v) is 14.0. The SMILES string of the molecule is C[C@@H]1CN(C[C@H](O)Cn2nc(-c3cccs3)oc2=O)C[C@H](C)O1. The second-order valence-electron chi connectivity index (χ2n) is 5.96. The number of thiophene rings is 1. The van der Waals surface area contributed by atoms with Crippen LogP contribution in [0.2, 0.25) is 0 Å². The van der Waals surface area contributed by atoms with Crippen LogP contribution in [0.4, 0.5) is 0 Å². The normalized spacial score (nSPS) is 24.0. The van der Waals surface area contributed by atoms with Crippen molar-refractivity contribution in [2.45, 2.75) is 38.7 Å². The summed E-state index contributed by atoms with van der Waals surface area (Å²) in [6.45, 7) is 6.18. The fraction of sp³-hybridized carbons (Fsp3) is 0.600. The molecule has 1 saturated heterocycles. The molecule has 3 rings (SSSR count). The van der Waals surface area contributed by atoms with Gasteiger partial charge < -0.3 is 14.3 Å². The average Bonchev–Trinajstić information content (AvgIpc) is 3.08. The molecular weight excluding hydrogens is 318 g/mol. The Bertz CT molecular complexity index is 671. The van der Waals surface area contributed by atoms with E-state index < -0.39 is 11.9 Å². The minimum atomic E-state index is -0.688. The van der Waals surface area contributed by atoms with Gasteiger partial charge in [-0.3, -0.25) is 4.90 Å². The second kappa shape index (κ2) is 6.96. The largest absolute Gasteiger partial charge is 0.437 e. The summed E-state index contributed by atoms with van der Waals surface area (Å²) in [7, 11) is 0. The molecule has 1 aliphatic heterocycles. The lowest BCUT2D eigenvalue weighted by Crippen LogP contribution is -2.48. The van der Waals surface area contributed by atoms with Gasteiger partial charge in [-0.2, -0.15) is 4.68 Å². The first-order valence-corrected chi connectivity index (χ1v) is 8.57. The summed E-state index contributed by atoms with van der Waals surface area (Å²) in [6.07, 6.45) is -0.399. The number of β-amino-alcohol motifs (C(OH)–C–C–N with tert-alkyl or cyclic N) is 1. The third-order valence-electron chi connectivity index (χ3n) is 3.69. The van der Waals surface area contributed by atoms with E-state index >= 15 is 0 Å². The lowest BCUT2D eigenvalue weighted by atomic mass is 10.2. The summed E-state index contributed by atoms with van der Waals surface area (Å²) >= 11 is 1.45. The van der Waals surface area contributed by atoms with Crippen LogP contribution in [0.1, 0.15) is 13.8 Å². The first-order chi connectivity index (χ1) is 11.0. The molecule has 0 radical (unpaired) electrons. The summed E-state index contributed by atoms with van der Waals surface area (Å²) in [4.78, 5) is 14.8. The summed E-state index contributed by atoms with van der Waals surface area (Å²) in [6, 6.07) is 3.71. The highest BCUT2D eigenvalue weighted by Gasteiger charge is 2.24. The molecule has 1 fully saturated rings. The minimum Gasteiger partial charge on any atom is -0.390 e. The molecule has 1 N–H and O–H groups in total. The number of rotatable bonds is 5. The Morgan fingerprint density at radius 2 is 2.13 bits per heavy atom. The highest BCUT2D eigenvalue weighted by atomic mass is 32.1. The van der Waals surface area contributed by atoms with Crippen LogP contribution in [-0.4, -0.2) is 57.7 Å². The van der Waals surface area contributed by atoms with Crippen molar-refractivity contribution in [3.63, 3.8) is 0 Å². The molecule has 126 valence electrons. The van der Waals surface area contributed by atoms with Crippen LogP contribution in [0.25, 0.3) is 10.8 Å². The number of aliphatic hydroxyl groups is 1. The zero-order chi connectivity index (χ0) is 16.4. The molecule has 0 amide bonds. The molecule has 0 aromatic carbocycles. The van der Waals surface area contributed by atoms with Gasteiger partial charge in [-0.15, -0.1) is 16.4 Å². The van der Waals surface area contributed by atoms with Crippen molar-refractivity contribution < 1.29 is 14.3 Å². The van der Waals surface area contributed by atoms with Gasteiger partial charge in [0, 0.05) is 19.6 Å². The summed E-state index contributed by atoms with van der Waals surface area (Å²) < 4.78 is 12.0. The molecule has 23 heavy (non-hydrogen) atoms. The maximum atomic E-state index is 11.9. The zero-order valence-electron chi connectivity index (χ0n) is 13.2. The molecule has 8 heteroatoms. The molecule has 1 aliphatic rings. The third-order valence-corrected chi connectivity index (χ3v) is 4.54. The van der Waals surface area contributed by atoms with Crippen molar-refractivity contribution in [3.8, 4) is 10.8 Å². The Morgan fingerprint density at radius 1 is 1.39 bits per heavy atom. The maximum absolute atomic E-state index is 11.9. The van der Waals surface area contributed by atoms with Crippen molar-refractivity contribution in [2.75, 3.05) is 19.6 Å². The van der Waals surface area contributed by atoms with Crippen LogP contribution in [0, 0.1) is 0 Å². The van der Waals surface area contributed by atoms with Crippen LogP contribution in [0.15, 0.2) is 26.7 Å². The molecule has 2 aromatic rings. The quantitative estimate of drug-likeness (QED) is 0.876. The Balaban J connectivity index is 1.62. The molecule has 7 nitrogen and oxygen atoms in total. The number of hydrogen-bond donors (Lipinski definition) is 1. The fourth-order valence-corrected chi connectivity index (χ4v) is 3.55. The highest BCUT2D eigenvalue weighted by Crippen LogP contribution is 2.21. The van der Waals surface area contributed by atoms with Crippen LogP contribution >= 0.6 is 11.3 Å². The van der Waals surface area contributed by atoms with Crippen molar-refractivity contribution in [2.24, 2.45) is 0 Å². The smallest absolute Gasteiger partial charge is 0.390 e. The van der Waals surface area contributed by atoms with E-state index in [9.17, 15) is 9.90 Å². The summed E-state index contributed by atoms with van der Waals surface area (Å²) in [5.41, 5.74) is 0. The molecule has 0 saturated carbocycles. The van der Waals surface area contributed by atoms with E-state index in [1.165, 1.54) is 16.0 Å². The number of aromatic nitrogens is 2. The monoisotopic (exact) mass is 339 g/mol. The molecule has 0 spiro atoms. The van der Waals surface area contributed by atoms with Gasteiger partial charge in [0.25, 0.3) is 5.89 Å². The topological polar surface area (TPSA) is 80.7 Å². The molecular formula is C15H21N3O4S. The number of nitrogens with zero attached hydrogens (tertiary/aromatic N) is 3. The number of hydrogen-bond acceptors (Lipinski definition) is 7. The van der Waals surface area contributed by atoms with Crippen molar-refractivity contribution in [3.05, 3.63) is 28.1 Å². The lowest BCUT2D eigenvalue weighted by Gasteiger charge is -2.36. The number of morpholine rings is 1. The van der Waals surface area contributed by atoms with E-state index in [2.05, 4.69) is 10.00 Å². The van der Waals surface area contributed by atoms with Crippen LogP contribution in [0.3, 0.4) is 0 Å². The van der Waals surface area contributed by atoms with Gasteiger partial charge >= 0.3 is 5.76 Å². The highest BCUT2D eigenvalue weighted by molar-refractivity contribution is 7.13. The minimum absolute atomic E-state index is 0.119. The molecule has 0 unspecified atom stereocenters. The maximum Gasteiger partial charge on any atom is 0.437 e. The molecule has 3 heterocycles. The first kappa shape index (κ1) is 16.4. The van der Waals surface area contributed by atoms with Crippen LogP contribution in [0.5, 0.6) is 0 Å². The van der Waals surface area contributed by atoms with Gasteiger partial charge in [0.05, 0.1) is 29.7 Å². The van der Waals surface area contributed by atoms with E-state index in [1.807, 2.05) is 31.4 Å². The van der Waals surface area contributed by atoms with Gasteiger partial charge in [-0.1, -0.05) is 6.07 Å². The van der Waals surface area contributed by atoms with Crippen molar-refractivity contribution in [1.29, 1.82) is 0 Å². The van der Waals surface area contributed by atoms with E-state index in [-0.39, 0.29) is 18.8 Å².